The van der Waals surface area contributed by atoms with Gasteiger partial charge in [-0.25, -0.2) is 9.59 Å². The average Bonchev–Trinajstić information content (AvgIpc) is 2.89. The number of hydrogen-bond acceptors (Lipinski definition) is 4. The predicted molar refractivity (Wildman–Crippen MR) is 168 cm³/mol. The Bertz CT molecular complexity index is 706. The second-order valence-corrected chi connectivity index (χ2v) is 12.2. The maximum absolute atomic E-state index is 11.8. The number of carbonyl (C=O) groups is 2. The standard InChI is InChI=1S/C32H60O4.H2O4S/c1-3-5-7-9-11-13-15-17-19-21-23-25-27-29(31(33)34)30(32(35)36)28-26-24-22-20-18-16-14-12-10-8-6-4-2;1-5(2,3)4/h3-28H2,1-2H3,(H,33,34)(H,35,36);(H2,1,2,3,4). The highest BCUT2D eigenvalue weighted by Gasteiger charge is 2.19. The van der Waals surface area contributed by atoms with Gasteiger partial charge in [0.05, 0.1) is 0 Å². The Morgan fingerprint density at radius 3 is 0.756 bits per heavy atom. The Balaban J connectivity index is 0. The van der Waals surface area contributed by atoms with Crippen molar-refractivity contribution in [1.82, 2.24) is 0 Å². The molecule has 244 valence electrons. The van der Waals surface area contributed by atoms with Crippen LogP contribution in [-0.4, -0.2) is 39.7 Å². The molecule has 8 nitrogen and oxygen atoms in total. The summed E-state index contributed by atoms with van der Waals surface area (Å²) in [7, 11) is -4.67. The van der Waals surface area contributed by atoms with Crippen molar-refractivity contribution >= 4 is 22.3 Å². The van der Waals surface area contributed by atoms with Crippen LogP contribution in [0.25, 0.3) is 0 Å². The van der Waals surface area contributed by atoms with Gasteiger partial charge in [0.2, 0.25) is 0 Å². The zero-order valence-corrected chi connectivity index (χ0v) is 27.0. The fourth-order valence-corrected chi connectivity index (χ4v) is 5.06. The van der Waals surface area contributed by atoms with Gasteiger partial charge in [0, 0.05) is 11.1 Å². The van der Waals surface area contributed by atoms with Gasteiger partial charge < -0.3 is 10.2 Å². The molecule has 0 unspecified atom stereocenters. The first-order chi connectivity index (χ1) is 19.5. The van der Waals surface area contributed by atoms with Gasteiger partial charge >= 0.3 is 22.3 Å². The van der Waals surface area contributed by atoms with Crippen LogP contribution in [0.1, 0.15) is 181 Å². The van der Waals surface area contributed by atoms with E-state index >= 15 is 0 Å². The molecule has 0 aromatic carbocycles. The third-order valence-electron chi connectivity index (χ3n) is 7.44. The van der Waals surface area contributed by atoms with Crippen molar-refractivity contribution < 1.29 is 37.3 Å². The van der Waals surface area contributed by atoms with Crippen LogP contribution in [0, 0.1) is 0 Å². The summed E-state index contributed by atoms with van der Waals surface area (Å²) < 4.78 is 31.6. The highest BCUT2D eigenvalue weighted by Crippen LogP contribution is 2.22. The molecule has 0 aliphatic rings. The lowest BCUT2D eigenvalue weighted by molar-refractivity contribution is -0.136. The van der Waals surface area contributed by atoms with Crippen molar-refractivity contribution in [3.05, 3.63) is 11.1 Å². The number of hydrogen-bond donors (Lipinski definition) is 4. The Morgan fingerprint density at radius 2 is 0.585 bits per heavy atom. The molecule has 0 saturated heterocycles. The Kier molecular flexibility index (Phi) is 30.5. The lowest BCUT2D eigenvalue weighted by Crippen LogP contribution is -2.12. The fourth-order valence-electron chi connectivity index (χ4n) is 5.06. The van der Waals surface area contributed by atoms with E-state index in [9.17, 15) is 19.8 Å². The minimum Gasteiger partial charge on any atom is -0.478 e. The van der Waals surface area contributed by atoms with Crippen LogP contribution in [0.2, 0.25) is 0 Å². The molecule has 0 atom stereocenters. The summed E-state index contributed by atoms with van der Waals surface area (Å²) in [6, 6.07) is 0. The van der Waals surface area contributed by atoms with Gasteiger partial charge in [0.15, 0.2) is 0 Å². The maximum atomic E-state index is 11.8. The average molecular weight is 607 g/mol. The predicted octanol–water partition coefficient (Wildman–Crippen LogP) is 9.98. The summed E-state index contributed by atoms with van der Waals surface area (Å²) in [4.78, 5) is 23.6. The Hall–Kier alpha value is -1.45. The molecule has 4 N–H and O–H groups in total. The smallest absolute Gasteiger partial charge is 0.394 e. The highest BCUT2D eigenvalue weighted by atomic mass is 32.3. The van der Waals surface area contributed by atoms with Crippen molar-refractivity contribution in [3.63, 3.8) is 0 Å². The summed E-state index contributed by atoms with van der Waals surface area (Å²) in [6.07, 6.45) is 30.2. The van der Waals surface area contributed by atoms with Gasteiger partial charge in [-0.05, 0) is 25.7 Å². The third kappa shape index (κ3) is 34.7. The molecule has 0 radical (unpaired) electrons. The largest absolute Gasteiger partial charge is 0.478 e. The van der Waals surface area contributed by atoms with E-state index in [0.29, 0.717) is 12.8 Å². The molecule has 0 aliphatic heterocycles. The zero-order valence-electron chi connectivity index (χ0n) is 26.2. The van der Waals surface area contributed by atoms with E-state index in [-0.39, 0.29) is 11.1 Å². The van der Waals surface area contributed by atoms with E-state index in [0.717, 1.165) is 38.5 Å². The molecule has 0 spiro atoms. The molecule has 9 heteroatoms. The van der Waals surface area contributed by atoms with E-state index in [1.807, 2.05) is 0 Å². The number of rotatable bonds is 28. The first-order valence-corrected chi connectivity index (χ1v) is 17.8. The zero-order chi connectivity index (χ0) is 31.2. The van der Waals surface area contributed by atoms with Crippen molar-refractivity contribution in [2.45, 2.75) is 181 Å². The molecule has 0 bridgehead atoms. The van der Waals surface area contributed by atoms with Gasteiger partial charge in [0.1, 0.15) is 0 Å². The van der Waals surface area contributed by atoms with E-state index in [1.165, 1.54) is 116 Å². The quantitative estimate of drug-likeness (QED) is 0.0390. The van der Waals surface area contributed by atoms with E-state index in [4.69, 9.17) is 17.5 Å². The number of carboxylic acid groups (broad SMARTS) is 2. The molecular weight excluding hydrogens is 544 g/mol. The molecule has 0 amide bonds. The van der Waals surface area contributed by atoms with Crippen LogP contribution in [0.4, 0.5) is 0 Å². The van der Waals surface area contributed by atoms with Crippen LogP contribution in [-0.2, 0) is 20.0 Å². The summed E-state index contributed by atoms with van der Waals surface area (Å²) in [5.74, 6) is -2.09. The van der Waals surface area contributed by atoms with Gasteiger partial charge in [0.25, 0.3) is 0 Å². The first kappa shape index (κ1) is 41.7. The second-order valence-electron chi connectivity index (χ2n) is 11.3. The summed E-state index contributed by atoms with van der Waals surface area (Å²) >= 11 is 0. The highest BCUT2D eigenvalue weighted by molar-refractivity contribution is 7.79. The minimum atomic E-state index is -4.67. The monoisotopic (exact) mass is 606 g/mol. The number of carboxylic acids is 2. The molecule has 0 aromatic rings. The van der Waals surface area contributed by atoms with Crippen molar-refractivity contribution in [2.24, 2.45) is 0 Å². The van der Waals surface area contributed by atoms with Gasteiger partial charge in [-0.2, -0.15) is 8.42 Å². The molecule has 0 aromatic heterocycles. The van der Waals surface area contributed by atoms with Crippen molar-refractivity contribution in [3.8, 4) is 0 Å². The van der Waals surface area contributed by atoms with Gasteiger partial charge in [-0.1, -0.05) is 155 Å². The number of unbranched alkanes of at least 4 members (excludes halogenated alkanes) is 22. The van der Waals surface area contributed by atoms with Crippen molar-refractivity contribution in [1.29, 1.82) is 0 Å². The van der Waals surface area contributed by atoms with Crippen LogP contribution < -0.4 is 0 Å². The van der Waals surface area contributed by atoms with E-state index < -0.39 is 22.3 Å². The van der Waals surface area contributed by atoms with Gasteiger partial charge in [-0.15, -0.1) is 0 Å². The second kappa shape index (κ2) is 30.0. The molecule has 41 heavy (non-hydrogen) atoms. The van der Waals surface area contributed by atoms with Gasteiger partial charge in [-0.3, -0.25) is 9.11 Å². The molecule has 0 heterocycles. The summed E-state index contributed by atoms with van der Waals surface area (Å²) in [5.41, 5.74) is 0.273. The van der Waals surface area contributed by atoms with E-state index in [2.05, 4.69) is 13.8 Å². The van der Waals surface area contributed by atoms with E-state index in [1.54, 1.807) is 0 Å². The lowest BCUT2D eigenvalue weighted by atomic mass is 9.96. The molecule has 0 fully saturated rings. The summed E-state index contributed by atoms with van der Waals surface area (Å²) in [6.45, 7) is 4.50. The van der Waals surface area contributed by atoms with Crippen LogP contribution in [0.5, 0.6) is 0 Å². The maximum Gasteiger partial charge on any atom is 0.394 e. The Morgan fingerprint density at radius 1 is 0.415 bits per heavy atom. The SMILES string of the molecule is CCCCCCCCCCCCCCC(C(=O)O)=C(CCCCCCCCCCCCCC)C(=O)O.O=S(=O)(O)O. The first-order valence-electron chi connectivity index (χ1n) is 16.4. The Labute approximate surface area is 251 Å². The summed E-state index contributed by atoms with van der Waals surface area (Å²) in [5, 5.41) is 19.3. The molecule has 0 aliphatic carbocycles. The van der Waals surface area contributed by atoms with Crippen LogP contribution in [0.15, 0.2) is 11.1 Å². The lowest BCUT2D eigenvalue weighted by Gasteiger charge is -2.10. The van der Waals surface area contributed by atoms with Crippen LogP contribution >= 0.6 is 0 Å². The van der Waals surface area contributed by atoms with Crippen molar-refractivity contribution in [2.75, 3.05) is 0 Å². The minimum absolute atomic E-state index is 0.137. The fraction of sp³-hybridized carbons (Fsp3) is 0.875. The molecule has 0 rings (SSSR count). The molecule has 0 saturated carbocycles. The third-order valence-corrected chi connectivity index (χ3v) is 7.44. The van der Waals surface area contributed by atoms with Crippen LogP contribution in [0.3, 0.4) is 0 Å². The molecular formula is C32H62O8S. The number of aliphatic carboxylic acids is 2. The normalized spacial score (nSPS) is 12.0. The topological polar surface area (TPSA) is 149 Å².